The number of hydrogen-bond donors (Lipinski definition) is 0. The van der Waals surface area contributed by atoms with Gasteiger partial charge >= 0.3 is 0 Å². The van der Waals surface area contributed by atoms with Crippen molar-refractivity contribution in [2.45, 2.75) is 31.7 Å². The van der Waals surface area contributed by atoms with Crippen LogP contribution in [0.3, 0.4) is 0 Å². The second kappa shape index (κ2) is 4.35. The summed E-state index contributed by atoms with van der Waals surface area (Å²) < 4.78 is 0. The van der Waals surface area contributed by atoms with E-state index in [0.29, 0.717) is 37.2 Å². The largest absolute Gasteiger partial charge is 0.300 e. The molecule has 1 saturated carbocycles. The molecule has 0 atom stereocenters. The lowest BCUT2D eigenvalue weighted by Crippen LogP contribution is -2.50. The van der Waals surface area contributed by atoms with Crippen molar-refractivity contribution >= 4 is 29.4 Å². The van der Waals surface area contributed by atoms with Crippen molar-refractivity contribution in [2.75, 3.05) is 11.5 Å². The fraction of sp³-hybridized carbons (Fsp3) is 0.700. The van der Waals surface area contributed by atoms with Crippen LogP contribution in [0.25, 0.3) is 0 Å². The van der Waals surface area contributed by atoms with Crippen molar-refractivity contribution in [1.82, 2.24) is 4.90 Å². The van der Waals surface area contributed by atoms with E-state index in [2.05, 4.69) is 0 Å². The molecule has 0 spiro atoms. The van der Waals surface area contributed by atoms with Crippen LogP contribution in [0.1, 0.15) is 25.7 Å². The SMILES string of the molecule is O=C1CCC(N2C(=O)CSCC2=O)CC1. The number of imide groups is 1. The Hall–Kier alpha value is -0.840. The molecule has 2 rings (SSSR count). The first kappa shape index (κ1) is 10.7. The van der Waals surface area contributed by atoms with Gasteiger partial charge in [0.25, 0.3) is 0 Å². The molecule has 1 saturated heterocycles. The summed E-state index contributed by atoms with van der Waals surface area (Å²) in [4.78, 5) is 35.6. The smallest absolute Gasteiger partial charge is 0.239 e. The van der Waals surface area contributed by atoms with E-state index < -0.39 is 0 Å². The van der Waals surface area contributed by atoms with Crippen LogP contribution in [-0.4, -0.2) is 40.0 Å². The van der Waals surface area contributed by atoms with Gasteiger partial charge in [0.15, 0.2) is 0 Å². The second-order valence-corrected chi connectivity index (χ2v) is 4.91. The van der Waals surface area contributed by atoms with Gasteiger partial charge in [0.2, 0.25) is 11.8 Å². The molecule has 15 heavy (non-hydrogen) atoms. The third kappa shape index (κ3) is 2.22. The Kier molecular flexibility index (Phi) is 3.09. The van der Waals surface area contributed by atoms with E-state index in [1.54, 1.807) is 0 Å². The molecule has 0 aromatic heterocycles. The Labute approximate surface area is 92.4 Å². The molecule has 0 aromatic rings. The summed E-state index contributed by atoms with van der Waals surface area (Å²) in [6.07, 6.45) is 2.33. The summed E-state index contributed by atoms with van der Waals surface area (Å²) in [7, 11) is 0. The van der Waals surface area contributed by atoms with E-state index in [-0.39, 0.29) is 23.6 Å². The zero-order valence-corrected chi connectivity index (χ0v) is 9.22. The van der Waals surface area contributed by atoms with Crippen molar-refractivity contribution in [3.8, 4) is 0 Å². The summed E-state index contributed by atoms with van der Waals surface area (Å²) in [6, 6.07) is -0.0244. The molecule has 1 heterocycles. The standard InChI is InChI=1S/C10H13NO3S/c12-8-3-1-7(2-4-8)11-9(13)5-15-6-10(11)14/h7H,1-6H2. The van der Waals surface area contributed by atoms with Gasteiger partial charge in [-0.05, 0) is 12.8 Å². The van der Waals surface area contributed by atoms with Gasteiger partial charge in [-0.1, -0.05) is 0 Å². The molecule has 82 valence electrons. The van der Waals surface area contributed by atoms with E-state index in [1.165, 1.54) is 16.7 Å². The number of rotatable bonds is 1. The van der Waals surface area contributed by atoms with Gasteiger partial charge in [-0.15, -0.1) is 11.8 Å². The van der Waals surface area contributed by atoms with Crippen molar-refractivity contribution < 1.29 is 14.4 Å². The third-order valence-corrected chi connectivity index (χ3v) is 3.77. The predicted molar refractivity (Wildman–Crippen MR) is 56.4 cm³/mol. The molecule has 4 nitrogen and oxygen atoms in total. The quantitative estimate of drug-likeness (QED) is 0.616. The number of hydrogen-bond acceptors (Lipinski definition) is 4. The maximum Gasteiger partial charge on any atom is 0.239 e. The first-order chi connectivity index (χ1) is 7.18. The molecular weight excluding hydrogens is 214 g/mol. The number of thioether (sulfide) groups is 1. The first-order valence-corrected chi connectivity index (χ1v) is 6.28. The molecule has 0 unspecified atom stereocenters. The molecule has 0 radical (unpaired) electrons. The number of nitrogens with zero attached hydrogens (tertiary/aromatic N) is 1. The van der Waals surface area contributed by atoms with E-state index in [0.717, 1.165) is 0 Å². The Bertz CT molecular complexity index is 290. The van der Waals surface area contributed by atoms with Gasteiger partial charge in [-0.25, -0.2) is 0 Å². The minimum atomic E-state index is -0.0874. The Morgan fingerprint density at radius 1 is 1.00 bits per heavy atom. The number of carbonyl (C=O) groups is 3. The maximum absolute atomic E-state index is 11.6. The molecule has 2 amide bonds. The molecule has 5 heteroatoms. The molecule has 1 aliphatic heterocycles. The Morgan fingerprint density at radius 2 is 1.53 bits per heavy atom. The fourth-order valence-corrected chi connectivity index (χ4v) is 2.82. The molecule has 0 bridgehead atoms. The lowest BCUT2D eigenvalue weighted by atomic mass is 9.93. The average molecular weight is 227 g/mol. The van der Waals surface area contributed by atoms with Crippen LogP contribution in [0.4, 0.5) is 0 Å². The molecule has 1 aliphatic carbocycles. The highest BCUT2D eigenvalue weighted by molar-refractivity contribution is 8.00. The topological polar surface area (TPSA) is 54.5 Å². The van der Waals surface area contributed by atoms with Crippen LogP contribution < -0.4 is 0 Å². The molecular formula is C10H13NO3S. The van der Waals surface area contributed by atoms with Crippen molar-refractivity contribution in [3.05, 3.63) is 0 Å². The Balaban J connectivity index is 2.04. The summed E-state index contributed by atoms with van der Waals surface area (Å²) >= 11 is 1.37. The van der Waals surface area contributed by atoms with Crippen molar-refractivity contribution in [2.24, 2.45) is 0 Å². The van der Waals surface area contributed by atoms with Crippen molar-refractivity contribution in [1.29, 1.82) is 0 Å². The second-order valence-electron chi connectivity index (χ2n) is 3.92. The normalized spacial score (nSPS) is 24.8. The fourth-order valence-electron chi connectivity index (χ4n) is 2.09. The summed E-state index contributed by atoms with van der Waals surface area (Å²) in [5.41, 5.74) is 0. The van der Waals surface area contributed by atoms with E-state index >= 15 is 0 Å². The number of ketones is 1. The van der Waals surface area contributed by atoms with Gasteiger partial charge in [-0.2, -0.15) is 0 Å². The highest BCUT2D eigenvalue weighted by Gasteiger charge is 2.34. The lowest BCUT2D eigenvalue weighted by molar-refractivity contribution is -0.146. The van der Waals surface area contributed by atoms with Crippen LogP contribution >= 0.6 is 11.8 Å². The van der Waals surface area contributed by atoms with Crippen LogP contribution in [0.15, 0.2) is 0 Å². The monoisotopic (exact) mass is 227 g/mol. The van der Waals surface area contributed by atoms with Gasteiger partial charge in [0.05, 0.1) is 11.5 Å². The van der Waals surface area contributed by atoms with E-state index in [9.17, 15) is 14.4 Å². The number of Topliss-reactive ketones (excluding diaryl/α,β-unsaturated/α-hetero) is 1. The predicted octanol–water partition coefficient (Wildman–Crippen LogP) is 0.600. The summed E-state index contributed by atoms with van der Waals surface area (Å²) in [5.74, 6) is 0.871. The number of carbonyl (C=O) groups excluding carboxylic acids is 3. The lowest BCUT2D eigenvalue weighted by Gasteiger charge is -2.34. The van der Waals surface area contributed by atoms with E-state index in [4.69, 9.17) is 0 Å². The maximum atomic E-state index is 11.6. The molecule has 2 aliphatic rings. The van der Waals surface area contributed by atoms with E-state index in [1.807, 2.05) is 0 Å². The minimum absolute atomic E-state index is 0.0244. The highest BCUT2D eigenvalue weighted by Crippen LogP contribution is 2.24. The molecule has 0 N–H and O–H groups in total. The van der Waals surface area contributed by atoms with Gasteiger partial charge in [0.1, 0.15) is 5.78 Å². The number of amides is 2. The van der Waals surface area contributed by atoms with Crippen LogP contribution in [0.2, 0.25) is 0 Å². The van der Waals surface area contributed by atoms with Crippen LogP contribution in [0.5, 0.6) is 0 Å². The van der Waals surface area contributed by atoms with Gasteiger partial charge in [0, 0.05) is 18.9 Å². The third-order valence-electron chi connectivity index (χ3n) is 2.87. The molecule has 2 fully saturated rings. The van der Waals surface area contributed by atoms with Crippen molar-refractivity contribution in [3.63, 3.8) is 0 Å². The Morgan fingerprint density at radius 3 is 2.07 bits per heavy atom. The van der Waals surface area contributed by atoms with Gasteiger partial charge < -0.3 is 0 Å². The summed E-state index contributed by atoms with van der Waals surface area (Å²) in [6.45, 7) is 0. The first-order valence-electron chi connectivity index (χ1n) is 5.13. The average Bonchev–Trinajstić information content (AvgIpc) is 2.20. The molecule has 0 aromatic carbocycles. The van der Waals surface area contributed by atoms with Gasteiger partial charge in [-0.3, -0.25) is 19.3 Å². The zero-order valence-electron chi connectivity index (χ0n) is 8.40. The minimum Gasteiger partial charge on any atom is -0.300 e. The highest BCUT2D eigenvalue weighted by atomic mass is 32.2. The van der Waals surface area contributed by atoms with Crippen LogP contribution in [0, 0.1) is 0 Å². The zero-order chi connectivity index (χ0) is 10.8. The summed E-state index contributed by atoms with van der Waals surface area (Å²) in [5, 5.41) is 0. The van der Waals surface area contributed by atoms with Crippen LogP contribution in [-0.2, 0) is 14.4 Å².